The lowest BCUT2D eigenvalue weighted by molar-refractivity contribution is -0.138. The van der Waals surface area contributed by atoms with Gasteiger partial charge in [-0.05, 0) is 47.7 Å². The number of aromatic nitrogens is 1. The van der Waals surface area contributed by atoms with E-state index in [4.69, 9.17) is 27.9 Å². The van der Waals surface area contributed by atoms with Crippen LogP contribution in [0.25, 0.3) is 0 Å². The molecule has 2 N–H and O–H groups in total. The molecule has 0 bridgehead atoms. The first-order valence-electron chi connectivity index (χ1n) is 13.1. The highest BCUT2D eigenvalue weighted by Gasteiger charge is 2.31. The predicted octanol–water partition coefficient (Wildman–Crippen LogP) is 7.10. The molecule has 1 atom stereocenters. The lowest BCUT2D eigenvalue weighted by atomic mass is 9.90. The third-order valence-electron chi connectivity index (χ3n) is 6.36. The first kappa shape index (κ1) is 31.9. The Morgan fingerprint density at radius 1 is 1.02 bits per heavy atom. The molecule has 1 heterocycles. The highest BCUT2D eigenvalue weighted by atomic mass is 35.5. The number of amides is 2. The maximum Gasteiger partial charge on any atom is 0.311 e. The highest BCUT2D eigenvalue weighted by molar-refractivity contribution is 6.40. The van der Waals surface area contributed by atoms with Crippen molar-refractivity contribution in [1.29, 1.82) is 0 Å². The van der Waals surface area contributed by atoms with E-state index in [9.17, 15) is 19.5 Å². The molecule has 3 rings (SSSR count). The SMILES string of the molecule is COc1ccc(C(Cc2ccc(NC(=O)c3c(Cl)cncc3Cl)cc2)C(=O)O)cc1N(CC(C)C)C(=O)C(C)(C)C. The number of benzene rings is 2. The summed E-state index contributed by atoms with van der Waals surface area (Å²) in [5, 5.41) is 13.2. The van der Waals surface area contributed by atoms with Crippen molar-refractivity contribution in [3.63, 3.8) is 0 Å². The maximum atomic E-state index is 13.4. The van der Waals surface area contributed by atoms with E-state index in [1.54, 1.807) is 47.4 Å². The first-order valence-corrected chi connectivity index (χ1v) is 13.9. The Kier molecular flexibility index (Phi) is 10.4. The van der Waals surface area contributed by atoms with Crippen LogP contribution >= 0.6 is 23.2 Å². The number of ether oxygens (including phenoxy) is 1. The van der Waals surface area contributed by atoms with Gasteiger partial charge in [0.1, 0.15) is 5.75 Å². The molecule has 0 saturated heterocycles. The van der Waals surface area contributed by atoms with Crippen LogP contribution < -0.4 is 15.0 Å². The third-order valence-corrected chi connectivity index (χ3v) is 6.93. The molecule has 8 nitrogen and oxygen atoms in total. The van der Waals surface area contributed by atoms with Gasteiger partial charge in [-0.25, -0.2) is 0 Å². The Morgan fingerprint density at radius 3 is 2.15 bits per heavy atom. The van der Waals surface area contributed by atoms with Crippen molar-refractivity contribution in [3.8, 4) is 5.75 Å². The van der Waals surface area contributed by atoms with Crippen LogP contribution in [0.2, 0.25) is 10.0 Å². The van der Waals surface area contributed by atoms with Crippen molar-refractivity contribution in [1.82, 2.24) is 4.98 Å². The number of hydrogen-bond donors (Lipinski definition) is 2. The standard InChI is InChI=1S/C31H35Cl2N3O5/c1-18(2)17-36(30(40)31(3,4)5)25-14-20(9-12-26(25)41-6)22(29(38)39)13-19-7-10-21(11-8-19)35-28(37)27-23(32)15-34-16-24(27)33/h7-12,14-16,18,22H,13,17H2,1-6H3,(H,35,37)(H,38,39). The summed E-state index contributed by atoms with van der Waals surface area (Å²) in [5.74, 6) is -1.79. The summed E-state index contributed by atoms with van der Waals surface area (Å²) in [6.07, 6.45) is 2.86. The summed E-state index contributed by atoms with van der Waals surface area (Å²) in [6.45, 7) is 10.1. The fourth-order valence-corrected chi connectivity index (χ4v) is 4.86. The molecule has 0 aliphatic carbocycles. The summed E-state index contributed by atoms with van der Waals surface area (Å²) in [6, 6.07) is 12.0. The number of carbonyl (C=O) groups is 3. The maximum absolute atomic E-state index is 13.4. The van der Waals surface area contributed by atoms with Gasteiger partial charge >= 0.3 is 5.97 Å². The summed E-state index contributed by atoms with van der Waals surface area (Å²) in [4.78, 5) is 44.1. The molecule has 41 heavy (non-hydrogen) atoms. The number of halogens is 2. The number of aliphatic carboxylic acids is 1. The number of carbonyl (C=O) groups excluding carboxylic acids is 2. The predicted molar refractivity (Wildman–Crippen MR) is 162 cm³/mol. The monoisotopic (exact) mass is 599 g/mol. The molecule has 0 radical (unpaired) electrons. The lowest BCUT2D eigenvalue weighted by Crippen LogP contribution is -2.42. The second-order valence-corrected chi connectivity index (χ2v) is 12.0. The quantitative estimate of drug-likeness (QED) is 0.257. The highest BCUT2D eigenvalue weighted by Crippen LogP contribution is 2.36. The molecule has 0 spiro atoms. The van der Waals surface area contributed by atoms with E-state index in [0.717, 1.165) is 5.56 Å². The number of hydrogen-bond acceptors (Lipinski definition) is 5. The summed E-state index contributed by atoms with van der Waals surface area (Å²) >= 11 is 12.2. The van der Waals surface area contributed by atoms with Gasteiger partial charge in [-0.3, -0.25) is 19.4 Å². The van der Waals surface area contributed by atoms with Crippen LogP contribution in [0.5, 0.6) is 5.75 Å². The Bertz CT molecular complexity index is 1400. The number of carboxylic acids is 1. The molecule has 1 unspecified atom stereocenters. The zero-order valence-electron chi connectivity index (χ0n) is 24.0. The molecule has 1 aromatic heterocycles. The van der Waals surface area contributed by atoms with E-state index in [1.165, 1.54) is 19.5 Å². The molecule has 0 fully saturated rings. The van der Waals surface area contributed by atoms with E-state index >= 15 is 0 Å². The summed E-state index contributed by atoms with van der Waals surface area (Å²) < 4.78 is 5.58. The normalized spacial score (nSPS) is 12.1. The number of anilines is 2. The Labute approximate surface area is 250 Å². The number of carboxylic acid groups (broad SMARTS) is 1. The molecule has 2 aromatic carbocycles. The Hall–Kier alpha value is -3.62. The number of pyridine rings is 1. The van der Waals surface area contributed by atoms with Gasteiger partial charge in [-0.1, -0.05) is 76.0 Å². The number of nitrogens with zero attached hydrogens (tertiary/aromatic N) is 2. The van der Waals surface area contributed by atoms with E-state index in [1.807, 2.05) is 34.6 Å². The van der Waals surface area contributed by atoms with Gasteiger partial charge in [0.25, 0.3) is 5.91 Å². The molecule has 0 aliphatic rings. The van der Waals surface area contributed by atoms with Crippen molar-refractivity contribution < 1.29 is 24.2 Å². The average Bonchev–Trinajstić information content (AvgIpc) is 2.89. The average molecular weight is 601 g/mol. The van der Waals surface area contributed by atoms with Crippen LogP contribution in [0.4, 0.5) is 11.4 Å². The molecule has 218 valence electrons. The smallest absolute Gasteiger partial charge is 0.311 e. The Morgan fingerprint density at radius 2 is 1.63 bits per heavy atom. The van der Waals surface area contributed by atoms with Crippen LogP contribution in [-0.4, -0.2) is 41.5 Å². The minimum Gasteiger partial charge on any atom is -0.495 e. The van der Waals surface area contributed by atoms with E-state index < -0.39 is 23.2 Å². The minimum atomic E-state index is -1.00. The fraction of sp³-hybridized carbons (Fsp3) is 0.355. The van der Waals surface area contributed by atoms with Gasteiger partial charge in [0.05, 0.1) is 34.3 Å². The number of rotatable bonds is 10. The molecular formula is C31H35Cl2N3O5. The summed E-state index contributed by atoms with van der Waals surface area (Å²) in [7, 11) is 1.53. The van der Waals surface area contributed by atoms with Gasteiger partial charge in [0.15, 0.2) is 0 Å². The Balaban J connectivity index is 1.89. The zero-order chi connectivity index (χ0) is 30.5. The van der Waals surface area contributed by atoms with E-state index in [0.29, 0.717) is 29.2 Å². The lowest BCUT2D eigenvalue weighted by Gasteiger charge is -2.32. The van der Waals surface area contributed by atoms with Crippen LogP contribution in [-0.2, 0) is 16.0 Å². The third kappa shape index (κ3) is 7.99. The largest absolute Gasteiger partial charge is 0.495 e. The molecule has 10 heteroatoms. The zero-order valence-corrected chi connectivity index (χ0v) is 25.5. The topological polar surface area (TPSA) is 109 Å². The second-order valence-electron chi connectivity index (χ2n) is 11.2. The summed E-state index contributed by atoms with van der Waals surface area (Å²) in [5.41, 5.74) is 1.79. The van der Waals surface area contributed by atoms with E-state index in [2.05, 4.69) is 10.3 Å². The minimum absolute atomic E-state index is 0.0829. The van der Waals surface area contributed by atoms with Crippen molar-refractivity contribution >= 4 is 52.4 Å². The molecule has 0 saturated carbocycles. The van der Waals surface area contributed by atoms with Crippen molar-refractivity contribution in [2.75, 3.05) is 23.9 Å². The fourth-order valence-electron chi connectivity index (χ4n) is 4.32. The van der Waals surface area contributed by atoms with Crippen LogP contribution in [0.1, 0.15) is 62.0 Å². The van der Waals surface area contributed by atoms with Crippen molar-refractivity contribution in [2.24, 2.45) is 11.3 Å². The molecule has 2 amide bonds. The van der Waals surface area contributed by atoms with Crippen LogP contribution in [0, 0.1) is 11.3 Å². The van der Waals surface area contributed by atoms with Crippen LogP contribution in [0.3, 0.4) is 0 Å². The molecule has 0 aliphatic heterocycles. The van der Waals surface area contributed by atoms with Crippen LogP contribution in [0.15, 0.2) is 54.9 Å². The molecule has 3 aromatic rings. The van der Waals surface area contributed by atoms with Gasteiger partial charge in [-0.2, -0.15) is 0 Å². The van der Waals surface area contributed by atoms with E-state index in [-0.39, 0.29) is 33.9 Å². The van der Waals surface area contributed by atoms with Gasteiger partial charge in [0, 0.05) is 30.0 Å². The van der Waals surface area contributed by atoms with Gasteiger partial charge < -0.3 is 20.1 Å². The van der Waals surface area contributed by atoms with Crippen molar-refractivity contribution in [3.05, 3.63) is 81.6 Å². The second kappa shape index (κ2) is 13.4. The van der Waals surface area contributed by atoms with Gasteiger partial charge in [0.2, 0.25) is 5.91 Å². The van der Waals surface area contributed by atoms with Gasteiger partial charge in [-0.15, -0.1) is 0 Å². The molecular weight excluding hydrogens is 565 g/mol. The van der Waals surface area contributed by atoms with Crippen molar-refractivity contribution in [2.45, 2.75) is 47.0 Å². The first-order chi connectivity index (χ1) is 19.2. The number of nitrogens with one attached hydrogen (secondary N) is 1. The number of methoxy groups -OCH3 is 1.